The summed E-state index contributed by atoms with van der Waals surface area (Å²) in [5.41, 5.74) is 1.34. The van der Waals surface area contributed by atoms with Gasteiger partial charge in [0.2, 0.25) is 0 Å². The van der Waals surface area contributed by atoms with Crippen LogP contribution in [0.25, 0.3) is 0 Å². The first-order valence-electron chi connectivity index (χ1n) is 5.34. The van der Waals surface area contributed by atoms with Gasteiger partial charge in [0, 0.05) is 17.6 Å². The van der Waals surface area contributed by atoms with Crippen LogP contribution in [0.5, 0.6) is 0 Å². The summed E-state index contributed by atoms with van der Waals surface area (Å²) in [5, 5.41) is 0. The fourth-order valence-electron chi connectivity index (χ4n) is 1.60. The molecule has 0 N–H and O–H groups in total. The van der Waals surface area contributed by atoms with Gasteiger partial charge in [-0.05, 0) is 24.6 Å². The molecule has 0 unspecified atom stereocenters. The average molecular weight is 268 g/mol. The third kappa shape index (κ3) is 4.18. The topological polar surface area (TPSA) is 3.24 Å². The van der Waals surface area contributed by atoms with Gasteiger partial charge >= 0.3 is 0 Å². The Morgan fingerprint density at radius 2 is 2.13 bits per heavy atom. The molecule has 1 aromatic rings. The first-order chi connectivity index (χ1) is 7.27. The van der Waals surface area contributed by atoms with Gasteiger partial charge in [-0.2, -0.15) is 0 Å². The Morgan fingerprint density at radius 1 is 1.40 bits per heavy atom. The van der Waals surface area contributed by atoms with E-state index in [0.717, 1.165) is 19.6 Å². The highest BCUT2D eigenvalue weighted by atomic mass is 79.9. The van der Waals surface area contributed by atoms with Crippen LogP contribution >= 0.6 is 15.9 Å². The van der Waals surface area contributed by atoms with Crippen molar-refractivity contribution < 1.29 is 0 Å². The Balaban J connectivity index is 2.64. The Kier molecular flexibility index (Phi) is 5.66. The molecule has 2 heteroatoms. The maximum Gasteiger partial charge on any atom is 0.0248 e. The van der Waals surface area contributed by atoms with Crippen molar-refractivity contribution in [3.63, 3.8) is 0 Å². The highest BCUT2D eigenvalue weighted by Gasteiger charge is 2.05. The summed E-state index contributed by atoms with van der Waals surface area (Å²) in [5.74, 6) is 0. The molecule has 0 amide bonds. The van der Waals surface area contributed by atoms with Crippen LogP contribution in [0, 0.1) is 0 Å². The number of halogens is 1. The molecule has 0 aromatic heterocycles. The first kappa shape index (κ1) is 12.5. The van der Waals surface area contributed by atoms with Gasteiger partial charge in [-0.15, -0.1) is 6.58 Å². The van der Waals surface area contributed by atoms with Crippen molar-refractivity contribution in [3.8, 4) is 0 Å². The summed E-state index contributed by atoms with van der Waals surface area (Å²) in [6, 6.07) is 8.38. The molecule has 0 saturated carbocycles. The smallest absolute Gasteiger partial charge is 0.0248 e. The summed E-state index contributed by atoms with van der Waals surface area (Å²) in [7, 11) is 0. The van der Waals surface area contributed by atoms with Crippen LogP contribution in [-0.2, 0) is 6.54 Å². The zero-order valence-electron chi connectivity index (χ0n) is 9.25. The minimum Gasteiger partial charge on any atom is -0.295 e. The largest absolute Gasteiger partial charge is 0.295 e. The van der Waals surface area contributed by atoms with Gasteiger partial charge in [0.05, 0.1) is 0 Å². The van der Waals surface area contributed by atoms with E-state index in [0.29, 0.717) is 0 Å². The number of hydrogen-bond acceptors (Lipinski definition) is 1. The zero-order valence-corrected chi connectivity index (χ0v) is 10.8. The Hall–Kier alpha value is -0.600. The van der Waals surface area contributed by atoms with E-state index >= 15 is 0 Å². The Morgan fingerprint density at radius 3 is 2.73 bits per heavy atom. The second-order valence-corrected chi connectivity index (χ2v) is 4.47. The molecule has 0 bridgehead atoms. The standard InChI is InChI=1S/C13H18BrN/c1-3-9-15(10-4-2)11-12-7-5-6-8-13(12)14/h3,5-8H,1,4,9-11H2,2H3. The van der Waals surface area contributed by atoms with Crippen molar-refractivity contribution in [3.05, 3.63) is 47.0 Å². The van der Waals surface area contributed by atoms with Crippen LogP contribution in [0.4, 0.5) is 0 Å². The van der Waals surface area contributed by atoms with E-state index in [-0.39, 0.29) is 0 Å². The number of benzene rings is 1. The average Bonchev–Trinajstić information content (AvgIpc) is 2.22. The molecule has 1 rings (SSSR count). The Labute approximate surface area is 101 Å². The van der Waals surface area contributed by atoms with Crippen molar-refractivity contribution in [2.24, 2.45) is 0 Å². The minimum atomic E-state index is 0.954. The van der Waals surface area contributed by atoms with E-state index < -0.39 is 0 Å². The SMILES string of the molecule is C=CCN(CCC)Cc1ccccc1Br. The highest BCUT2D eigenvalue weighted by molar-refractivity contribution is 9.10. The second kappa shape index (κ2) is 6.81. The van der Waals surface area contributed by atoms with Gasteiger partial charge in [0.15, 0.2) is 0 Å². The van der Waals surface area contributed by atoms with Gasteiger partial charge in [0.25, 0.3) is 0 Å². The van der Waals surface area contributed by atoms with Crippen molar-refractivity contribution in [1.29, 1.82) is 0 Å². The van der Waals surface area contributed by atoms with Crippen LogP contribution < -0.4 is 0 Å². The summed E-state index contributed by atoms with van der Waals surface area (Å²) in [6.45, 7) is 9.06. The monoisotopic (exact) mass is 267 g/mol. The molecule has 0 fully saturated rings. The summed E-state index contributed by atoms with van der Waals surface area (Å²) in [4.78, 5) is 2.40. The molecule has 0 aliphatic carbocycles. The molecule has 15 heavy (non-hydrogen) atoms. The van der Waals surface area contributed by atoms with Gasteiger partial charge < -0.3 is 0 Å². The van der Waals surface area contributed by atoms with E-state index in [1.807, 2.05) is 12.1 Å². The zero-order chi connectivity index (χ0) is 11.1. The molecule has 0 atom stereocenters. The maximum absolute atomic E-state index is 3.79. The fourth-order valence-corrected chi connectivity index (χ4v) is 2.01. The molecule has 0 aliphatic rings. The van der Waals surface area contributed by atoms with E-state index in [2.05, 4.69) is 52.5 Å². The molecule has 1 nitrogen and oxygen atoms in total. The van der Waals surface area contributed by atoms with Crippen LogP contribution in [-0.4, -0.2) is 18.0 Å². The molecule has 0 heterocycles. The lowest BCUT2D eigenvalue weighted by atomic mass is 10.2. The molecule has 1 aromatic carbocycles. The molecule has 82 valence electrons. The van der Waals surface area contributed by atoms with Gasteiger partial charge in [-0.3, -0.25) is 4.90 Å². The lowest BCUT2D eigenvalue weighted by molar-refractivity contribution is 0.294. The predicted octanol–water partition coefficient (Wildman–Crippen LogP) is 3.85. The van der Waals surface area contributed by atoms with Crippen LogP contribution in [0.2, 0.25) is 0 Å². The highest BCUT2D eigenvalue weighted by Crippen LogP contribution is 2.17. The molecular formula is C13H18BrN. The van der Waals surface area contributed by atoms with Crippen molar-refractivity contribution in [2.75, 3.05) is 13.1 Å². The lowest BCUT2D eigenvalue weighted by Gasteiger charge is -2.20. The third-order valence-corrected chi connectivity index (χ3v) is 3.05. The van der Waals surface area contributed by atoms with Crippen molar-refractivity contribution in [2.45, 2.75) is 19.9 Å². The van der Waals surface area contributed by atoms with Crippen LogP contribution in [0.3, 0.4) is 0 Å². The first-order valence-corrected chi connectivity index (χ1v) is 6.14. The second-order valence-electron chi connectivity index (χ2n) is 3.62. The quantitative estimate of drug-likeness (QED) is 0.708. The van der Waals surface area contributed by atoms with Crippen molar-refractivity contribution >= 4 is 15.9 Å². The van der Waals surface area contributed by atoms with Gasteiger partial charge in [-0.1, -0.05) is 47.1 Å². The van der Waals surface area contributed by atoms with E-state index in [1.54, 1.807) is 0 Å². The van der Waals surface area contributed by atoms with Crippen LogP contribution in [0.15, 0.2) is 41.4 Å². The van der Waals surface area contributed by atoms with Gasteiger partial charge in [0.1, 0.15) is 0 Å². The summed E-state index contributed by atoms with van der Waals surface area (Å²) < 4.78 is 1.19. The number of rotatable bonds is 6. The van der Waals surface area contributed by atoms with E-state index in [4.69, 9.17) is 0 Å². The third-order valence-electron chi connectivity index (χ3n) is 2.28. The van der Waals surface area contributed by atoms with Crippen molar-refractivity contribution in [1.82, 2.24) is 4.90 Å². The number of nitrogens with zero attached hydrogens (tertiary/aromatic N) is 1. The normalized spacial score (nSPS) is 10.6. The maximum atomic E-state index is 3.79. The van der Waals surface area contributed by atoms with E-state index in [1.165, 1.54) is 16.5 Å². The predicted molar refractivity (Wildman–Crippen MR) is 69.9 cm³/mol. The number of hydrogen-bond donors (Lipinski definition) is 0. The summed E-state index contributed by atoms with van der Waals surface area (Å²) in [6.07, 6.45) is 3.14. The van der Waals surface area contributed by atoms with E-state index in [9.17, 15) is 0 Å². The molecule has 0 spiro atoms. The minimum absolute atomic E-state index is 0.954. The molecule has 0 aliphatic heterocycles. The summed E-state index contributed by atoms with van der Waals surface area (Å²) >= 11 is 3.57. The van der Waals surface area contributed by atoms with Gasteiger partial charge in [-0.25, -0.2) is 0 Å². The molecular weight excluding hydrogens is 250 g/mol. The lowest BCUT2D eigenvalue weighted by Crippen LogP contribution is -2.24. The fraction of sp³-hybridized carbons (Fsp3) is 0.385. The van der Waals surface area contributed by atoms with Crippen LogP contribution in [0.1, 0.15) is 18.9 Å². The molecule has 0 radical (unpaired) electrons. The molecule has 0 saturated heterocycles. The Bertz CT molecular complexity index is 309.